The van der Waals surface area contributed by atoms with Crippen LogP contribution in [0, 0.1) is 0 Å². The molecule has 4 unspecified atom stereocenters. The summed E-state index contributed by atoms with van der Waals surface area (Å²) >= 11 is 0. The van der Waals surface area contributed by atoms with Crippen molar-refractivity contribution >= 4 is 12.0 Å². The van der Waals surface area contributed by atoms with Crippen LogP contribution < -0.4 is 4.74 Å². The fourth-order valence-corrected chi connectivity index (χ4v) is 3.69. The highest BCUT2D eigenvalue weighted by molar-refractivity contribution is 5.87. The second-order valence-electron chi connectivity index (χ2n) is 8.17. The number of aliphatic hydroxyl groups is 5. The summed E-state index contributed by atoms with van der Waals surface area (Å²) in [4.78, 5) is 12.2. The van der Waals surface area contributed by atoms with Gasteiger partial charge in [-0.05, 0) is 37.6 Å². The Kier molecular flexibility index (Phi) is 8.49. The number of carbonyl (C=O) groups is 1. The summed E-state index contributed by atoms with van der Waals surface area (Å²) in [5.74, 6) is -0.716. The molecule has 190 valence electrons. The van der Waals surface area contributed by atoms with Crippen LogP contribution >= 0.6 is 0 Å². The van der Waals surface area contributed by atoms with Gasteiger partial charge in [0.05, 0.1) is 19.3 Å². The number of esters is 1. The van der Waals surface area contributed by atoms with Crippen LogP contribution in [-0.4, -0.2) is 105 Å². The number of aliphatic hydroxyl groups excluding tert-OH is 5. The monoisotopic (exact) mass is 486 g/mol. The highest BCUT2D eigenvalue weighted by Gasteiger charge is 2.49. The number of rotatable bonds is 6. The molecule has 3 rings (SSSR count). The van der Waals surface area contributed by atoms with Crippen LogP contribution in [0.2, 0.25) is 0 Å². The first kappa shape index (κ1) is 26.3. The van der Waals surface area contributed by atoms with Crippen LogP contribution in [-0.2, 0) is 23.7 Å². The molecule has 0 radical (unpaired) electrons. The number of carbonyl (C=O) groups excluding carboxylic acids is 1. The first-order chi connectivity index (χ1) is 16.0. The van der Waals surface area contributed by atoms with Crippen molar-refractivity contribution in [3.8, 4) is 11.5 Å². The van der Waals surface area contributed by atoms with Crippen molar-refractivity contribution in [2.45, 2.75) is 75.3 Å². The lowest BCUT2D eigenvalue weighted by Crippen LogP contribution is -2.63. The topological polar surface area (TPSA) is 185 Å². The van der Waals surface area contributed by atoms with Gasteiger partial charge in [0.1, 0.15) is 36.6 Å². The van der Waals surface area contributed by atoms with E-state index in [1.54, 1.807) is 6.07 Å². The Hall–Kier alpha value is -2.29. The van der Waals surface area contributed by atoms with Gasteiger partial charge in [0.25, 0.3) is 0 Å². The van der Waals surface area contributed by atoms with Crippen molar-refractivity contribution in [2.75, 3.05) is 7.11 Å². The zero-order valence-corrected chi connectivity index (χ0v) is 18.8. The SMILES string of the molecule is COc1cc(/C=C/C(=O)O[C@@H]2OC(C)[C@H](O[C@@H]3OC(C)[C@H](O)[C@H](O)C3O)[C@H](O)C2O)ccc1O. The molecule has 0 bridgehead atoms. The molecule has 2 aliphatic heterocycles. The molecular formula is C22H30O12. The molecule has 12 heteroatoms. The Morgan fingerprint density at radius 2 is 1.56 bits per heavy atom. The van der Waals surface area contributed by atoms with E-state index in [0.717, 1.165) is 6.08 Å². The molecule has 34 heavy (non-hydrogen) atoms. The third-order valence-electron chi connectivity index (χ3n) is 5.72. The highest BCUT2D eigenvalue weighted by atomic mass is 16.7. The molecule has 10 atom stereocenters. The van der Waals surface area contributed by atoms with E-state index >= 15 is 0 Å². The van der Waals surface area contributed by atoms with Gasteiger partial charge in [0.15, 0.2) is 17.8 Å². The second kappa shape index (κ2) is 11.0. The number of benzene rings is 1. The summed E-state index contributed by atoms with van der Waals surface area (Å²) in [6, 6.07) is 4.43. The lowest BCUT2D eigenvalue weighted by atomic mass is 9.97. The molecule has 0 amide bonds. The van der Waals surface area contributed by atoms with E-state index in [9.17, 15) is 35.4 Å². The third kappa shape index (κ3) is 5.67. The number of hydrogen-bond donors (Lipinski definition) is 6. The molecule has 1 aromatic rings. The molecule has 2 heterocycles. The van der Waals surface area contributed by atoms with Crippen molar-refractivity contribution in [3.63, 3.8) is 0 Å². The number of phenols is 1. The molecule has 2 saturated heterocycles. The largest absolute Gasteiger partial charge is 0.504 e. The van der Waals surface area contributed by atoms with Crippen molar-refractivity contribution < 1.29 is 59.1 Å². The first-order valence-electron chi connectivity index (χ1n) is 10.7. The summed E-state index contributed by atoms with van der Waals surface area (Å²) in [5.41, 5.74) is 0.533. The van der Waals surface area contributed by atoms with Crippen LogP contribution in [0.3, 0.4) is 0 Å². The zero-order valence-electron chi connectivity index (χ0n) is 18.8. The van der Waals surface area contributed by atoms with Gasteiger partial charge in [0.2, 0.25) is 6.29 Å². The Balaban J connectivity index is 1.60. The highest BCUT2D eigenvalue weighted by Crippen LogP contribution is 2.30. The standard InChI is InChI=1S/C22H30O12/c1-9-15(25)16(26)18(28)22(31-9)34-20-10(2)32-21(19(29)17(20)27)33-14(24)7-5-11-4-6-12(23)13(8-11)30-3/h4-10,15-23,25-29H,1-3H3/b7-5+/t9?,10?,15-,16-,17+,18?,19?,20-,21-,22-/m0/s1. The number of aromatic hydroxyl groups is 1. The van der Waals surface area contributed by atoms with Crippen LogP contribution in [0.4, 0.5) is 0 Å². The van der Waals surface area contributed by atoms with Crippen molar-refractivity contribution in [1.29, 1.82) is 0 Å². The van der Waals surface area contributed by atoms with Crippen molar-refractivity contribution in [1.82, 2.24) is 0 Å². The predicted octanol–water partition coefficient (Wildman–Crippen LogP) is -1.36. The second-order valence-corrected chi connectivity index (χ2v) is 8.17. The van der Waals surface area contributed by atoms with Gasteiger partial charge in [-0.15, -0.1) is 0 Å². The summed E-state index contributed by atoms with van der Waals surface area (Å²) in [5, 5.41) is 60.4. The molecule has 0 aromatic heterocycles. The number of hydrogen-bond acceptors (Lipinski definition) is 12. The van der Waals surface area contributed by atoms with Crippen LogP contribution in [0.1, 0.15) is 19.4 Å². The van der Waals surface area contributed by atoms with Gasteiger partial charge in [-0.1, -0.05) is 6.07 Å². The van der Waals surface area contributed by atoms with Gasteiger partial charge in [-0.3, -0.25) is 0 Å². The maximum atomic E-state index is 12.2. The van der Waals surface area contributed by atoms with Gasteiger partial charge in [-0.2, -0.15) is 0 Å². The van der Waals surface area contributed by atoms with E-state index in [-0.39, 0.29) is 11.5 Å². The number of methoxy groups -OCH3 is 1. The molecule has 2 aliphatic rings. The normalized spacial score (nSPS) is 38.6. The molecule has 0 saturated carbocycles. The predicted molar refractivity (Wildman–Crippen MR) is 113 cm³/mol. The lowest BCUT2D eigenvalue weighted by molar-refractivity contribution is -0.348. The Bertz CT molecular complexity index is 875. The Morgan fingerprint density at radius 1 is 0.912 bits per heavy atom. The minimum atomic E-state index is -1.69. The summed E-state index contributed by atoms with van der Waals surface area (Å²) < 4.78 is 26.5. The van der Waals surface area contributed by atoms with Gasteiger partial charge >= 0.3 is 5.97 Å². The number of ether oxygens (including phenoxy) is 5. The van der Waals surface area contributed by atoms with Crippen LogP contribution in [0.5, 0.6) is 11.5 Å². The Labute approximate surface area is 195 Å². The Morgan fingerprint density at radius 3 is 2.24 bits per heavy atom. The fraction of sp³-hybridized carbons (Fsp3) is 0.591. The summed E-state index contributed by atoms with van der Waals surface area (Å²) in [6.07, 6.45) is -11.2. The zero-order chi connectivity index (χ0) is 25.2. The van der Waals surface area contributed by atoms with E-state index in [4.69, 9.17) is 23.7 Å². The van der Waals surface area contributed by atoms with Crippen molar-refractivity contribution in [2.24, 2.45) is 0 Å². The molecule has 12 nitrogen and oxygen atoms in total. The fourth-order valence-electron chi connectivity index (χ4n) is 3.69. The first-order valence-corrected chi connectivity index (χ1v) is 10.7. The average molecular weight is 486 g/mol. The van der Waals surface area contributed by atoms with Crippen LogP contribution in [0.15, 0.2) is 24.3 Å². The molecule has 0 aliphatic carbocycles. The maximum absolute atomic E-state index is 12.2. The van der Waals surface area contributed by atoms with E-state index < -0.39 is 67.4 Å². The minimum Gasteiger partial charge on any atom is -0.504 e. The average Bonchev–Trinajstić information content (AvgIpc) is 2.81. The smallest absolute Gasteiger partial charge is 0.333 e. The quantitative estimate of drug-likeness (QED) is 0.205. The number of phenolic OH excluding ortho intramolecular Hbond substituents is 1. The van der Waals surface area contributed by atoms with E-state index in [0.29, 0.717) is 5.56 Å². The minimum absolute atomic E-state index is 0.0630. The van der Waals surface area contributed by atoms with Crippen LogP contribution in [0.25, 0.3) is 6.08 Å². The summed E-state index contributed by atoms with van der Waals surface area (Å²) in [7, 11) is 1.38. The van der Waals surface area contributed by atoms with E-state index in [2.05, 4.69) is 0 Å². The van der Waals surface area contributed by atoms with E-state index in [1.165, 1.54) is 39.2 Å². The van der Waals surface area contributed by atoms with Crippen molar-refractivity contribution in [3.05, 3.63) is 29.8 Å². The third-order valence-corrected chi connectivity index (χ3v) is 5.72. The van der Waals surface area contributed by atoms with E-state index in [1.807, 2.05) is 0 Å². The molecule has 0 spiro atoms. The maximum Gasteiger partial charge on any atom is 0.333 e. The van der Waals surface area contributed by atoms with Gasteiger partial charge < -0.3 is 54.3 Å². The molecule has 2 fully saturated rings. The molecule has 1 aromatic carbocycles. The molecule has 6 N–H and O–H groups in total. The lowest BCUT2D eigenvalue weighted by Gasteiger charge is -2.45. The molecular weight excluding hydrogens is 456 g/mol. The summed E-state index contributed by atoms with van der Waals surface area (Å²) in [6.45, 7) is 2.96. The van der Waals surface area contributed by atoms with Gasteiger partial charge in [-0.25, -0.2) is 4.79 Å². The van der Waals surface area contributed by atoms with Gasteiger partial charge in [0, 0.05) is 6.08 Å².